The van der Waals surface area contributed by atoms with Gasteiger partial charge in [0, 0.05) is 48.6 Å². The monoisotopic (exact) mass is 400 g/mol. The summed E-state index contributed by atoms with van der Waals surface area (Å²) in [6.07, 6.45) is 0. The van der Waals surface area contributed by atoms with Crippen molar-refractivity contribution >= 4 is 28.9 Å². The summed E-state index contributed by atoms with van der Waals surface area (Å²) < 4.78 is 0. The predicted molar refractivity (Wildman–Crippen MR) is 117 cm³/mol. The number of anilines is 2. The van der Waals surface area contributed by atoms with Gasteiger partial charge in [0.15, 0.2) is 0 Å². The van der Waals surface area contributed by atoms with Gasteiger partial charge in [-0.1, -0.05) is 30.7 Å². The number of amides is 1. The Morgan fingerprint density at radius 3 is 2.29 bits per heavy atom. The SMILES string of the molecule is CCN1CCN(c2ccc(NC(=O)CN[C@H](C)c3ccc(Cl)cc3)cc2)CC1. The first-order valence-electron chi connectivity index (χ1n) is 9.91. The van der Waals surface area contributed by atoms with Gasteiger partial charge in [-0.2, -0.15) is 0 Å². The van der Waals surface area contributed by atoms with Crippen molar-refractivity contribution in [1.82, 2.24) is 10.2 Å². The molecular formula is C22H29ClN4O. The molecule has 2 aromatic carbocycles. The van der Waals surface area contributed by atoms with Crippen molar-refractivity contribution in [3.8, 4) is 0 Å². The Morgan fingerprint density at radius 1 is 1.04 bits per heavy atom. The second-order valence-electron chi connectivity index (χ2n) is 7.17. The van der Waals surface area contributed by atoms with Crippen molar-refractivity contribution in [2.45, 2.75) is 19.9 Å². The van der Waals surface area contributed by atoms with E-state index in [1.807, 2.05) is 43.3 Å². The van der Waals surface area contributed by atoms with Crippen LogP contribution in [0.1, 0.15) is 25.5 Å². The van der Waals surface area contributed by atoms with Crippen LogP contribution >= 0.6 is 11.6 Å². The Labute approximate surface area is 172 Å². The molecular weight excluding hydrogens is 372 g/mol. The van der Waals surface area contributed by atoms with E-state index in [0.29, 0.717) is 5.02 Å². The standard InChI is InChI=1S/C22H29ClN4O/c1-3-26-12-14-27(15-13-26)21-10-8-20(9-11-21)25-22(28)16-24-17(2)18-4-6-19(23)7-5-18/h4-11,17,24H,3,12-16H2,1-2H3,(H,25,28)/t17-/m1/s1. The second-order valence-corrected chi connectivity index (χ2v) is 7.61. The second kappa shape index (κ2) is 9.92. The number of hydrogen-bond acceptors (Lipinski definition) is 4. The highest BCUT2D eigenvalue weighted by Gasteiger charge is 2.15. The van der Waals surface area contributed by atoms with Crippen molar-refractivity contribution in [3.63, 3.8) is 0 Å². The molecule has 6 heteroatoms. The van der Waals surface area contributed by atoms with E-state index in [9.17, 15) is 4.79 Å². The summed E-state index contributed by atoms with van der Waals surface area (Å²) in [6, 6.07) is 15.9. The summed E-state index contributed by atoms with van der Waals surface area (Å²) in [5.74, 6) is -0.0508. The van der Waals surface area contributed by atoms with Crippen molar-refractivity contribution in [2.75, 3.05) is 49.5 Å². The Bertz CT molecular complexity index is 755. The molecule has 0 unspecified atom stereocenters. The first-order chi connectivity index (χ1) is 13.5. The molecule has 150 valence electrons. The van der Waals surface area contributed by atoms with Crippen LogP contribution in [-0.2, 0) is 4.79 Å². The Morgan fingerprint density at radius 2 is 1.68 bits per heavy atom. The molecule has 2 N–H and O–H groups in total. The van der Waals surface area contributed by atoms with Crippen LogP contribution in [0.4, 0.5) is 11.4 Å². The predicted octanol–water partition coefficient (Wildman–Crippen LogP) is 3.77. The first-order valence-corrected chi connectivity index (χ1v) is 10.3. The molecule has 1 fully saturated rings. The quantitative estimate of drug-likeness (QED) is 0.742. The minimum absolute atomic E-state index is 0.0508. The van der Waals surface area contributed by atoms with Crippen LogP contribution in [0.15, 0.2) is 48.5 Å². The zero-order valence-corrected chi connectivity index (χ0v) is 17.4. The fourth-order valence-corrected chi connectivity index (χ4v) is 3.52. The summed E-state index contributed by atoms with van der Waals surface area (Å²) >= 11 is 5.92. The lowest BCUT2D eigenvalue weighted by atomic mass is 10.1. The number of carbonyl (C=O) groups excluding carboxylic acids is 1. The lowest BCUT2D eigenvalue weighted by Gasteiger charge is -2.35. The smallest absolute Gasteiger partial charge is 0.238 e. The van der Waals surface area contributed by atoms with Crippen molar-refractivity contribution in [1.29, 1.82) is 0 Å². The number of carbonyl (C=O) groups is 1. The first kappa shape index (κ1) is 20.6. The van der Waals surface area contributed by atoms with Gasteiger partial charge in [-0.05, 0) is 55.4 Å². The van der Waals surface area contributed by atoms with E-state index in [4.69, 9.17) is 11.6 Å². The van der Waals surface area contributed by atoms with Gasteiger partial charge in [0.2, 0.25) is 5.91 Å². The normalized spacial score (nSPS) is 16.0. The zero-order valence-electron chi connectivity index (χ0n) is 16.6. The molecule has 0 aliphatic carbocycles. The minimum Gasteiger partial charge on any atom is -0.369 e. The maximum absolute atomic E-state index is 12.2. The van der Waals surface area contributed by atoms with Crippen LogP contribution < -0.4 is 15.5 Å². The number of rotatable bonds is 7. The highest BCUT2D eigenvalue weighted by atomic mass is 35.5. The summed E-state index contributed by atoms with van der Waals surface area (Å²) in [4.78, 5) is 17.1. The van der Waals surface area contributed by atoms with Crippen molar-refractivity contribution in [3.05, 3.63) is 59.1 Å². The van der Waals surface area contributed by atoms with Gasteiger partial charge in [-0.15, -0.1) is 0 Å². The maximum atomic E-state index is 12.2. The zero-order chi connectivity index (χ0) is 19.9. The van der Waals surface area contributed by atoms with Crippen LogP contribution in [0.25, 0.3) is 0 Å². The molecule has 0 bridgehead atoms. The highest BCUT2D eigenvalue weighted by Crippen LogP contribution is 2.20. The van der Waals surface area contributed by atoms with Crippen LogP contribution in [0.2, 0.25) is 5.02 Å². The molecule has 1 amide bonds. The van der Waals surface area contributed by atoms with Crippen molar-refractivity contribution in [2.24, 2.45) is 0 Å². The average Bonchev–Trinajstić information content (AvgIpc) is 2.73. The molecule has 0 saturated carbocycles. The average molecular weight is 401 g/mol. The molecule has 1 aliphatic rings. The van der Waals surface area contributed by atoms with Crippen molar-refractivity contribution < 1.29 is 4.79 Å². The third-order valence-corrected chi connectivity index (χ3v) is 5.53. The molecule has 0 aromatic heterocycles. The minimum atomic E-state index is -0.0508. The maximum Gasteiger partial charge on any atom is 0.238 e. The number of nitrogens with zero attached hydrogens (tertiary/aromatic N) is 2. The molecule has 5 nitrogen and oxygen atoms in total. The lowest BCUT2D eigenvalue weighted by molar-refractivity contribution is -0.115. The highest BCUT2D eigenvalue weighted by molar-refractivity contribution is 6.30. The Balaban J connectivity index is 1.46. The van der Waals surface area contributed by atoms with E-state index in [0.717, 1.165) is 44.0 Å². The summed E-state index contributed by atoms with van der Waals surface area (Å²) in [7, 11) is 0. The largest absolute Gasteiger partial charge is 0.369 e. The molecule has 1 aliphatic heterocycles. The van der Waals surface area contributed by atoms with Gasteiger partial charge >= 0.3 is 0 Å². The van der Waals surface area contributed by atoms with E-state index in [2.05, 4.69) is 39.5 Å². The lowest BCUT2D eigenvalue weighted by Crippen LogP contribution is -2.46. The third-order valence-electron chi connectivity index (χ3n) is 5.27. The van der Waals surface area contributed by atoms with Gasteiger partial charge in [0.1, 0.15) is 0 Å². The summed E-state index contributed by atoms with van der Waals surface area (Å²) in [5, 5.41) is 6.91. The van der Waals surface area contributed by atoms with Crippen LogP contribution in [0, 0.1) is 0 Å². The molecule has 2 aromatic rings. The third kappa shape index (κ3) is 5.71. The molecule has 1 heterocycles. The Kier molecular flexibility index (Phi) is 7.31. The van der Waals surface area contributed by atoms with E-state index in [1.165, 1.54) is 5.69 Å². The Hall–Kier alpha value is -2.08. The molecule has 1 saturated heterocycles. The van der Waals surface area contributed by atoms with Gasteiger partial charge in [0.25, 0.3) is 0 Å². The molecule has 3 rings (SSSR count). The molecule has 28 heavy (non-hydrogen) atoms. The number of halogens is 1. The number of benzene rings is 2. The van der Waals surface area contributed by atoms with Gasteiger partial charge in [0.05, 0.1) is 6.54 Å². The fourth-order valence-electron chi connectivity index (χ4n) is 3.40. The molecule has 0 spiro atoms. The van der Waals surface area contributed by atoms with E-state index < -0.39 is 0 Å². The number of hydrogen-bond donors (Lipinski definition) is 2. The summed E-state index contributed by atoms with van der Waals surface area (Å²) in [6.45, 7) is 9.91. The van der Waals surface area contributed by atoms with Crippen LogP contribution in [0.3, 0.4) is 0 Å². The van der Waals surface area contributed by atoms with E-state index in [1.54, 1.807) is 0 Å². The fraction of sp³-hybridized carbons (Fsp3) is 0.409. The summed E-state index contributed by atoms with van der Waals surface area (Å²) in [5.41, 5.74) is 3.13. The van der Waals surface area contributed by atoms with Gasteiger partial charge in [-0.3, -0.25) is 4.79 Å². The molecule has 1 atom stereocenters. The van der Waals surface area contributed by atoms with Gasteiger partial charge < -0.3 is 20.4 Å². The molecule has 0 radical (unpaired) electrons. The van der Waals surface area contributed by atoms with Crippen LogP contribution in [-0.4, -0.2) is 50.1 Å². The van der Waals surface area contributed by atoms with E-state index >= 15 is 0 Å². The van der Waals surface area contributed by atoms with E-state index in [-0.39, 0.29) is 18.5 Å². The van der Waals surface area contributed by atoms with Gasteiger partial charge in [-0.25, -0.2) is 0 Å². The number of piperazine rings is 1. The number of nitrogens with one attached hydrogen (secondary N) is 2. The number of likely N-dealkylation sites (N-methyl/N-ethyl adjacent to an activating group) is 1. The topological polar surface area (TPSA) is 47.6 Å². The van der Waals surface area contributed by atoms with Crippen LogP contribution in [0.5, 0.6) is 0 Å².